The number of amides is 1. The van der Waals surface area contributed by atoms with E-state index in [1.54, 1.807) is 25.2 Å². The fourth-order valence-corrected chi connectivity index (χ4v) is 2.21. The van der Waals surface area contributed by atoms with Crippen molar-refractivity contribution in [3.05, 3.63) is 24.4 Å². The van der Waals surface area contributed by atoms with Gasteiger partial charge in [0.2, 0.25) is 12.7 Å². The van der Waals surface area contributed by atoms with E-state index in [9.17, 15) is 4.79 Å². The molecule has 0 saturated carbocycles. The molecule has 0 fully saturated rings. The van der Waals surface area contributed by atoms with Crippen molar-refractivity contribution in [2.45, 2.75) is 6.42 Å². The molecule has 0 aliphatic carbocycles. The fourth-order valence-electron chi connectivity index (χ4n) is 2.21. The van der Waals surface area contributed by atoms with Crippen LogP contribution in [0, 0.1) is 0 Å². The molecule has 6 nitrogen and oxygen atoms in total. The van der Waals surface area contributed by atoms with Crippen LogP contribution >= 0.6 is 0 Å². The van der Waals surface area contributed by atoms with Gasteiger partial charge < -0.3 is 19.7 Å². The van der Waals surface area contributed by atoms with E-state index in [2.05, 4.69) is 10.3 Å². The highest BCUT2D eigenvalue weighted by molar-refractivity contribution is 5.94. The zero-order chi connectivity index (χ0) is 14.8. The number of carbonyl (C=O) groups excluding carboxylic acids is 1. The van der Waals surface area contributed by atoms with Crippen molar-refractivity contribution in [3.63, 3.8) is 0 Å². The molecule has 0 bridgehead atoms. The molecule has 0 saturated heterocycles. The molecule has 1 aromatic carbocycles. The maximum Gasteiger partial charge on any atom is 0.231 e. The Hall–Kier alpha value is -2.50. The molecule has 0 spiro atoms. The number of fused-ring (bicyclic) bond motifs is 2. The van der Waals surface area contributed by atoms with Crippen LogP contribution in [0.3, 0.4) is 0 Å². The van der Waals surface area contributed by atoms with Crippen LogP contribution in [0.4, 0.5) is 5.82 Å². The average Bonchev–Trinajstić information content (AvgIpc) is 2.92. The summed E-state index contributed by atoms with van der Waals surface area (Å²) in [4.78, 5) is 17.5. The van der Waals surface area contributed by atoms with Gasteiger partial charge in [-0.2, -0.15) is 0 Å². The number of carbonyl (C=O) groups is 1. The molecule has 6 heteroatoms. The number of pyridine rings is 1. The topological polar surface area (TPSA) is 63.7 Å². The van der Waals surface area contributed by atoms with E-state index >= 15 is 0 Å². The predicted octanol–water partition coefficient (Wildman–Crippen LogP) is 1.85. The zero-order valence-corrected chi connectivity index (χ0v) is 12.0. The van der Waals surface area contributed by atoms with Crippen LogP contribution < -0.4 is 14.8 Å². The van der Waals surface area contributed by atoms with Crippen molar-refractivity contribution in [1.82, 2.24) is 9.88 Å². The van der Waals surface area contributed by atoms with Crippen molar-refractivity contribution >= 4 is 22.5 Å². The smallest absolute Gasteiger partial charge is 0.231 e. The second-order valence-corrected chi connectivity index (χ2v) is 5.05. The van der Waals surface area contributed by atoms with Crippen molar-refractivity contribution < 1.29 is 14.3 Å². The minimum atomic E-state index is 0.0837. The lowest BCUT2D eigenvalue weighted by Gasteiger charge is -2.12. The Bertz CT molecular complexity index is 685. The standard InChI is InChI=1S/C15H17N3O3/c1-18(2)14(19)4-6-17-15-11-8-13-12(20-9-21-13)7-10(11)3-5-16-15/h3,5,7-8H,4,6,9H2,1-2H3,(H,16,17). The summed E-state index contributed by atoms with van der Waals surface area (Å²) >= 11 is 0. The molecule has 0 atom stereocenters. The van der Waals surface area contributed by atoms with Crippen molar-refractivity contribution in [1.29, 1.82) is 0 Å². The minimum absolute atomic E-state index is 0.0837. The molecule has 1 amide bonds. The fraction of sp³-hybridized carbons (Fsp3) is 0.333. The Balaban J connectivity index is 1.81. The van der Waals surface area contributed by atoms with Gasteiger partial charge in [0.25, 0.3) is 0 Å². The number of aromatic nitrogens is 1. The van der Waals surface area contributed by atoms with E-state index in [4.69, 9.17) is 9.47 Å². The number of benzene rings is 1. The Morgan fingerprint density at radius 1 is 1.33 bits per heavy atom. The highest BCUT2D eigenvalue weighted by atomic mass is 16.7. The van der Waals surface area contributed by atoms with Gasteiger partial charge in [-0.3, -0.25) is 4.79 Å². The number of hydrogen-bond acceptors (Lipinski definition) is 5. The molecule has 0 unspecified atom stereocenters. The van der Waals surface area contributed by atoms with Gasteiger partial charge >= 0.3 is 0 Å². The highest BCUT2D eigenvalue weighted by Crippen LogP contribution is 2.37. The van der Waals surface area contributed by atoms with Crippen LogP contribution in [0.2, 0.25) is 0 Å². The van der Waals surface area contributed by atoms with Gasteiger partial charge in [-0.25, -0.2) is 4.98 Å². The van der Waals surface area contributed by atoms with E-state index in [0.29, 0.717) is 13.0 Å². The molecule has 2 aromatic rings. The molecule has 3 rings (SSSR count). The molecule has 1 aliphatic heterocycles. The SMILES string of the molecule is CN(C)C(=O)CCNc1nccc2cc3c(cc12)OCO3. The zero-order valence-electron chi connectivity index (χ0n) is 12.0. The molecule has 1 N–H and O–H groups in total. The van der Waals surface area contributed by atoms with Crippen LogP contribution in [0.15, 0.2) is 24.4 Å². The Labute approximate surface area is 122 Å². The first-order valence-corrected chi connectivity index (χ1v) is 6.77. The third kappa shape index (κ3) is 2.69. The van der Waals surface area contributed by atoms with Crippen LogP contribution in [0.25, 0.3) is 10.8 Å². The third-order valence-corrected chi connectivity index (χ3v) is 3.39. The normalized spacial score (nSPS) is 12.5. The second kappa shape index (κ2) is 5.47. The van der Waals surface area contributed by atoms with Crippen LogP contribution in [0.1, 0.15) is 6.42 Å². The van der Waals surface area contributed by atoms with E-state index in [1.165, 1.54) is 0 Å². The van der Waals surface area contributed by atoms with Gasteiger partial charge in [0.05, 0.1) is 0 Å². The summed E-state index contributed by atoms with van der Waals surface area (Å²) in [6.45, 7) is 0.788. The van der Waals surface area contributed by atoms with Crippen molar-refractivity contribution in [2.24, 2.45) is 0 Å². The lowest BCUT2D eigenvalue weighted by atomic mass is 10.1. The van der Waals surface area contributed by atoms with Gasteiger partial charge in [-0.05, 0) is 23.6 Å². The Morgan fingerprint density at radius 3 is 2.86 bits per heavy atom. The van der Waals surface area contributed by atoms with Crippen LogP contribution in [0.5, 0.6) is 11.5 Å². The molecular weight excluding hydrogens is 270 g/mol. The molecular formula is C15H17N3O3. The summed E-state index contributed by atoms with van der Waals surface area (Å²) in [5, 5.41) is 5.19. The van der Waals surface area contributed by atoms with Crippen molar-refractivity contribution in [2.75, 3.05) is 32.7 Å². The number of rotatable bonds is 4. The summed E-state index contributed by atoms with van der Waals surface area (Å²) < 4.78 is 10.8. The van der Waals surface area contributed by atoms with Crippen LogP contribution in [-0.4, -0.2) is 43.2 Å². The molecule has 0 radical (unpaired) electrons. The summed E-state index contributed by atoms with van der Waals surface area (Å²) in [5.74, 6) is 2.31. The number of hydrogen-bond donors (Lipinski definition) is 1. The largest absolute Gasteiger partial charge is 0.454 e. The summed E-state index contributed by atoms with van der Waals surface area (Å²) in [5.41, 5.74) is 0. The van der Waals surface area contributed by atoms with Gasteiger partial charge in [0.1, 0.15) is 5.82 Å². The van der Waals surface area contributed by atoms with Gasteiger partial charge in [0, 0.05) is 38.6 Å². The van der Waals surface area contributed by atoms with E-state index in [0.717, 1.165) is 28.1 Å². The quantitative estimate of drug-likeness (QED) is 0.930. The minimum Gasteiger partial charge on any atom is -0.454 e. The first-order valence-electron chi connectivity index (χ1n) is 6.77. The summed E-state index contributed by atoms with van der Waals surface area (Å²) in [6.07, 6.45) is 2.16. The summed E-state index contributed by atoms with van der Waals surface area (Å²) in [6, 6.07) is 5.78. The number of nitrogens with zero attached hydrogens (tertiary/aromatic N) is 2. The highest BCUT2D eigenvalue weighted by Gasteiger charge is 2.16. The monoisotopic (exact) mass is 287 g/mol. The predicted molar refractivity (Wildman–Crippen MR) is 79.7 cm³/mol. The maximum absolute atomic E-state index is 11.6. The number of ether oxygens (including phenoxy) is 2. The summed E-state index contributed by atoms with van der Waals surface area (Å²) in [7, 11) is 3.50. The van der Waals surface area contributed by atoms with E-state index in [-0.39, 0.29) is 12.7 Å². The molecule has 1 aliphatic rings. The van der Waals surface area contributed by atoms with Gasteiger partial charge in [0.15, 0.2) is 11.5 Å². The first kappa shape index (κ1) is 13.5. The lowest BCUT2D eigenvalue weighted by molar-refractivity contribution is -0.128. The lowest BCUT2D eigenvalue weighted by Crippen LogP contribution is -2.24. The number of anilines is 1. The third-order valence-electron chi connectivity index (χ3n) is 3.39. The van der Waals surface area contributed by atoms with E-state index < -0.39 is 0 Å². The number of nitrogens with one attached hydrogen (secondary N) is 1. The molecule has 1 aromatic heterocycles. The average molecular weight is 287 g/mol. The van der Waals surface area contributed by atoms with E-state index in [1.807, 2.05) is 18.2 Å². The first-order chi connectivity index (χ1) is 10.1. The molecule has 110 valence electrons. The Morgan fingerprint density at radius 2 is 2.10 bits per heavy atom. The van der Waals surface area contributed by atoms with Crippen LogP contribution in [-0.2, 0) is 4.79 Å². The van der Waals surface area contributed by atoms with Crippen molar-refractivity contribution in [3.8, 4) is 11.5 Å². The maximum atomic E-state index is 11.6. The van der Waals surface area contributed by atoms with Gasteiger partial charge in [-0.15, -0.1) is 0 Å². The molecule has 21 heavy (non-hydrogen) atoms. The Kier molecular flexibility index (Phi) is 3.51. The van der Waals surface area contributed by atoms with Gasteiger partial charge in [-0.1, -0.05) is 0 Å². The molecule has 2 heterocycles. The second-order valence-electron chi connectivity index (χ2n) is 5.05.